The predicted octanol–water partition coefficient (Wildman–Crippen LogP) is 4.90. The largest absolute Gasteiger partial charge is 0.508 e. The fourth-order valence-electron chi connectivity index (χ4n) is 3.55. The molecule has 4 heteroatoms. The third-order valence-corrected chi connectivity index (χ3v) is 4.73. The van der Waals surface area contributed by atoms with E-state index in [1.807, 2.05) is 48.0 Å². The van der Waals surface area contributed by atoms with E-state index in [-0.39, 0.29) is 6.04 Å². The molecule has 4 nitrogen and oxygen atoms in total. The van der Waals surface area contributed by atoms with E-state index in [0.717, 1.165) is 46.8 Å². The molecule has 0 radical (unpaired) electrons. The molecule has 126 valence electrons. The van der Waals surface area contributed by atoms with Crippen molar-refractivity contribution in [1.82, 2.24) is 9.78 Å². The molecule has 0 aliphatic carbocycles. The van der Waals surface area contributed by atoms with E-state index in [0.29, 0.717) is 5.75 Å². The Morgan fingerprint density at radius 1 is 1.08 bits per heavy atom. The van der Waals surface area contributed by atoms with Gasteiger partial charge in [0.1, 0.15) is 5.75 Å². The number of hydrogen-bond donors (Lipinski definition) is 1. The van der Waals surface area contributed by atoms with Crippen LogP contribution in [0, 0.1) is 0 Å². The van der Waals surface area contributed by atoms with Gasteiger partial charge in [-0.05, 0) is 25.0 Å². The molecule has 2 aromatic carbocycles. The van der Waals surface area contributed by atoms with Gasteiger partial charge in [-0.1, -0.05) is 55.5 Å². The maximum atomic E-state index is 10.3. The second-order valence-electron chi connectivity index (χ2n) is 6.44. The van der Waals surface area contributed by atoms with Crippen molar-refractivity contribution in [3.05, 3.63) is 65.9 Å². The highest BCUT2D eigenvalue weighted by Gasteiger charge is 2.29. The van der Waals surface area contributed by atoms with E-state index in [4.69, 9.17) is 10.1 Å². The summed E-state index contributed by atoms with van der Waals surface area (Å²) in [5.41, 5.74) is 5.22. The maximum Gasteiger partial charge on any atom is 0.159 e. The molecule has 1 N–H and O–H groups in total. The SMILES string of the molecule is CCc1nn2c(c1-c1ccccc1)N=C(C)C[C@H]2c1ccccc1O. The second-order valence-corrected chi connectivity index (χ2v) is 6.44. The van der Waals surface area contributed by atoms with Crippen LogP contribution in [0.25, 0.3) is 11.1 Å². The summed E-state index contributed by atoms with van der Waals surface area (Å²) >= 11 is 0. The number of rotatable bonds is 3. The molecular weight excluding hydrogens is 310 g/mol. The Morgan fingerprint density at radius 3 is 2.52 bits per heavy atom. The van der Waals surface area contributed by atoms with Gasteiger partial charge in [-0.2, -0.15) is 5.10 Å². The summed E-state index contributed by atoms with van der Waals surface area (Å²) in [6.45, 7) is 4.16. The zero-order chi connectivity index (χ0) is 17.4. The Kier molecular flexibility index (Phi) is 3.88. The zero-order valence-corrected chi connectivity index (χ0v) is 14.5. The summed E-state index contributed by atoms with van der Waals surface area (Å²) in [6.07, 6.45) is 1.59. The number of aliphatic imine (C=N–C) groups is 1. The third kappa shape index (κ3) is 2.64. The number of aromatic nitrogens is 2. The first-order valence-electron chi connectivity index (χ1n) is 8.68. The minimum Gasteiger partial charge on any atom is -0.508 e. The van der Waals surface area contributed by atoms with Gasteiger partial charge < -0.3 is 5.11 Å². The minimum absolute atomic E-state index is 0.0311. The fourth-order valence-corrected chi connectivity index (χ4v) is 3.55. The number of nitrogens with zero attached hydrogens (tertiary/aromatic N) is 3. The number of aryl methyl sites for hydroxylation is 1. The summed E-state index contributed by atoms with van der Waals surface area (Å²) in [6, 6.07) is 17.8. The number of phenolic OH excluding ortho intramolecular Hbond substituents is 1. The van der Waals surface area contributed by atoms with Crippen LogP contribution < -0.4 is 0 Å². The average Bonchev–Trinajstić information content (AvgIpc) is 3.00. The van der Waals surface area contributed by atoms with Gasteiger partial charge in [0.15, 0.2) is 5.82 Å². The lowest BCUT2D eigenvalue weighted by Gasteiger charge is -2.24. The summed E-state index contributed by atoms with van der Waals surface area (Å²) in [7, 11) is 0. The molecule has 0 amide bonds. The summed E-state index contributed by atoms with van der Waals surface area (Å²) in [5, 5.41) is 15.2. The first-order chi connectivity index (χ1) is 12.2. The number of hydrogen-bond acceptors (Lipinski definition) is 3. The van der Waals surface area contributed by atoms with Crippen molar-refractivity contribution >= 4 is 11.5 Å². The lowest BCUT2D eigenvalue weighted by atomic mass is 9.98. The Morgan fingerprint density at radius 2 is 1.80 bits per heavy atom. The average molecular weight is 331 g/mol. The first-order valence-corrected chi connectivity index (χ1v) is 8.68. The molecule has 1 aromatic heterocycles. The van der Waals surface area contributed by atoms with Gasteiger partial charge in [-0.25, -0.2) is 9.67 Å². The summed E-state index contributed by atoms with van der Waals surface area (Å²) < 4.78 is 1.99. The molecule has 0 saturated carbocycles. The van der Waals surface area contributed by atoms with Crippen LogP contribution in [0.15, 0.2) is 59.6 Å². The van der Waals surface area contributed by atoms with Gasteiger partial charge in [-0.15, -0.1) is 0 Å². The van der Waals surface area contributed by atoms with Crippen LogP contribution in [-0.2, 0) is 6.42 Å². The van der Waals surface area contributed by atoms with Crippen LogP contribution in [0.2, 0.25) is 0 Å². The molecule has 1 aliphatic heterocycles. The van der Waals surface area contributed by atoms with Crippen LogP contribution in [0.3, 0.4) is 0 Å². The molecule has 0 saturated heterocycles. The standard InChI is InChI=1S/C21H21N3O/c1-3-17-20(15-9-5-4-6-10-15)21-22-14(2)13-18(24(21)23-17)16-11-7-8-12-19(16)25/h4-12,18,25H,3,13H2,1-2H3/t18-/m0/s1. The fraction of sp³-hybridized carbons (Fsp3) is 0.238. The van der Waals surface area contributed by atoms with Crippen LogP contribution in [-0.4, -0.2) is 20.6 Å². The quantitative estimate of drug-likeness (QED) is 0.742. The van der Waals surface area contributed by atoms with Gasteiger partial charge in [0, 0.05) is 23.3 Å². The molecule has 4 rings (SSSR count). The molecule has 0 bridgehead atoms. The van der Waals surface area contributed by atoms with Crippen molar-refractivity contribution in [2.45, 2.75) is 32.7 Å². The molecule has 0 spiro atoms. The Labute approximate surface area is 147 Å². The minimum atomic E-state index is -0.0311. The molecule has 0 fully saturated rings. The van der Waals surface area contributed by atoms with Crippen molar-refractivity contribution < 1.29 is 5.11 Å². The Bertz CT molecular complexity index is 941. The molecule has 0 unspecified atom stereocenters. The van der Waals surface area contributed by atoms with Crippen molar-refractivity contribution in [2.24, 2.45) is 4.99 Å². The lowest BCUT2D eigenvalue weighted by molar-refractivity contribution is 0.443. The number of para-hydroxylation sites is 1. The van der Waals surface area contributed by atoms with Crippen LogP contribution >= 0.6 is 0 Å². The van der Waals surface area contributed by atoms with E-state index in [9.17, 15) is 5.11 Å². The monoisotopic (exact) mass is 331 g/mol. The molecule has 25 heavy (non-hydrogen) atoms. The predicted molar refractivity (Wildman–Crippen MR) is 101 cm³/mol. The van der Waals surface area contributed by atoms with Gasteiger partial charge in [0.05, 0.1) is 11.7 Å². The number of benzene rings is 2. The molecule has 1 atom stereocenters. The topological polar surface area (TPSA) is 50.4 Å². The summed E-state index contributed by atoms with van der Waals surface area (Å²) in [4.78, 5) is 4.83. The van der Waals surface area contributed by atoms with Crippen molar-refractivity contribution in [1.29, 1.82) is 0 Å². The van der Waals surface area contributed by atoms with Crippen molar-refractivity contribution in [2.75, 3.05) is 0 Å². The molecule has 3 aromatic rings. The van der Waals surface area contributed by atoms with Crippen LogP contribution in [0.4, 0.5) is 5.82 Å². The van der Waals surface area contributed by atoms with E-state index in [2.05, 4.69) is 19.1 Å². The van der Waals surface area contributed by atoms with Gasteiger partial charge in [0.25, 0.3) is 0 Å². The number of phenols is 1. The number of aromatic hydroxyl groups is 1. The smallest absolute Gasteiger partial charge is 0.159 e. The number of fused-ring (bicyclic) bond motifs is 1. The molecule has 2 heterocycles. The highest BCUT2D eigenvalue weighted by atomic mass is 16.3. The third-order valence-electron chi connectivity index (χ3n) is 4.73. The summed E-state index contributed by atoms with van der Waals surface area (Å²) in [5.74, 6) is 1.20. The molecular formula is C21H21N3O. The van der Waals surface area contributed by atoms with Crippen LogP contribution in [0.1, 0.15) is 37.6 Å². The van der Waals surface area contributed by atoms with E-state index in [1.165, 1.54) is 0 Å². The first kappa shape index (κ1) is 15.6. The Hall–Kier alpha value is -2.88. The van der Waals surface area contributed by atoms with Gasteiger partial charge in [-0.3, -0.25) is 0 Å². The van der Waals surface area contributed by atoms with E-state index < -0.39 is 0 Å². The van der Waals surface area contributed by atoms with Gasteiger partial charge in [0.2, 0.25) is 0 Å². The van der Waals surface area contributed by atoms with Crippen molar-refractivity contribution in [3.8, 4) is 16.9 Å². The zero-order valence-electron chi connectivity index (χ0n) is 14.5. The van der Waals surface area contributed by atoms with Crippen LogP contribution in [0.5, 0.6) is 5.75 Å². The second kappa shape index (κ2) is 6.20. The van der Waals surface area contributed by atoms with E-state index in [1.54, 1.807) is 6.07 Å². The Balaban J connectivity index is 1.94. The lowest BCUT2D eigenvalue weighted by Crippen LogP contribution is -2.19. The van der Waals surface area contributed by atoms with Gasteiger partial charge >= 0.3 is 0 Å². The maximum absolute atomic E-state index is 10.3. The normalized spacial score (nSPS) is 16.4. The van der Waals surface area contributed by atoms with E-state index >= 15 is 0 Å². The van der Waals surface area contributed by atoms with Crippen molar-refractivity contribution in [3.63, 3.8) is 0 Å². The highest BCUT2D eigenvalue weighted by molar-refractivity contribution is 5.90. The molecule has 1 aliphatic rings. The highest BCUT2D eigenvalue weighted by Crippen LogP contribution is 2.42.